The van der Waals surface area contributed by atoms with Gasteiger partial charge in [0.05, 0.1) is 5.54 Å². The molecule has 0 atom stereocenters. The first kappa shape index (κ1) is 15.0. The number of benzene rings is 2. The predicted octanol–water partition coefficient (Wildman–Crippen LogP) is 4.58. The maximum absolute atomic E-state index is 13.0. The summed E-state index contributed by atoms with van der Waals surface area (Å²) >= 11 is 5.46. The molecule has 2 aromatic carbocycles. The molecule has 0 saturated heterocycles. The normalized spacial score (nSPS) is 16.2. The molecule has 114 valence electrons. The van der Waals surface area contributed by atoms with Gasteiger partial charge in [0.2, 0.25) is 0 Å². The SMILES string of the molecule is Fc1ccc(NC(=S)NC2(c3ccccc3)CCCC2)cc1. The first-order valence-corrected chi connectivity index (χ1v) is 7.99. The third-order valence-corrected chi connectivity index (χ3v) is 4.44. The second-order valence-corrected chi connectivity index (χ2v) is 6.15. The van der Waals surface area contributed by atoms with E-state index in [-0.39, 0.29) is 11.4 Å². The Balaban J connectivity index is 1.74. The smallest absolute Gasteiger partial charge is 0.171 e. The number of thiocarbonyl (C=S) groups is 1. The molecule has 2 aromatic rings. The zero-order valence-electron chi connectivity index (χ0n) is 12.3. The summed E-state index contributed by atoms with van der Waals surface area (Å²) < 4.78 is 13.0. The minimum atomic E-state index is -0.249. The number of halogens is 1. The maximum atomic E-state index is 13.0. The van der Waals surface area contributed by atoms with E-state index in [0.29, 0.717) is 5.11 Å². The summed E-state index contributed by atoms with van der Waals surface area (Å²) in [6.45, 7) is 0. The number of rotatable bonds is 3. The molecule has 4 heteroatoms. The van der Waals surface area contributed by atoms with Crippen LogP contribution in [0.3, 0.4) is 0 Å². The van der Waals surface area contributed by atoms with Crippen molar-refractivity contribution in [3.8, 4) is 0 Å². The van der Waals surface area contributed by atoms with Gasteiger partial charge in [0.15, 0.2) is 5.11 Å². The number of anilines is 1. The number of nitrogens with one attached hydrogen (secondary N) is 2. The van der Waals surface area contributed by atoms with E-state index in [2.05, 4.69) is 34.9 Å². The molecular formula is C18H19FN2S. The van der Waals surface area contributed by atoms with Gasteiger partial charge in [-0.15, -0.1) is 0 Å². The van der Waals surface area contributed by atoms with Gasteiger partial charge in [0, 0.05) is 5.69 Å². The van der Waals surface area contributed by atoms with E-state index < -0.39 is 0 Å². The van der Waals surface area contributed by atoms with E-state index in [1.165, 1.54) is 30.5 Å². The van der Waals surface area contributed by atoms with Crippen LogP contribution in [-0.4, -0.2) is 5.11 Å². The third kappa shape index (κ3) is 3.28. The van der Waals surface area contributed by atoms with Gasteiger partial charge in [-0.2, -0.15) is 0 Å². The molecule has 1 fully saturated rings. The summed E-state index contributed by atoms with van der Waals surface area (Å²) in [5, 5.41) is 7.22. The summed E-state index contributed by atoms with van der Waals surface area (Å²) in [7, 11) is 0. The molecule has 2 N–H and O–H groups in total. The highest BCUT2D eigenvalue weighted by atomic mass is 32.1. The first-order chi connectivity index (χ1) is 10.7. The molecule has 0 radical (unpaired) electrons. The Morgan fingerprint density at radius 2 is 1.59 bits per heavy atom. The summed E-state index contributed by atoms with van der Waals surface area (Å²) in [5.41, 5.74) is 1.97. The topological polar surface area (TPSA) is 24.1 Å². The molecule has 0 bridgehead atoms. The average molecular weight is 314 g/mol. The lowest BCUT2D eigenvalue weighted by molar-refractivity contribution is 0.408. The molecule has 0 amide bonds. The molecule has 3 rings (SSSR count). The third-order valence-electron chi connectivity index (χ3n) is 4.24. The fraction of sp³-hybridized carbons (Fsp3) is 0.278. The zero-order valence-corrected chi connectivity index (χ0v) is 13.1. The van der Waals surface area contributed by atoms with E-state index in [1.807, 2.05) is 6.07 Å². The molecule has 0 heterocycles. The monoisotopic (exact) mass is 314 g/mol. The van der Waals surface area contributed by atoms with Crippen LogP contribution in [0.4, 0.5) is 10.1 Å². The Labute approximate surface area is 135 Å². The van der Waals surface area contributed by atoms with Crippen molar-refractivity contribution in [1.29, 1.82) is 0 Å². The molecule has 1 saturated carbocycles. The molecule has 0 aromatic heterocycles. The molecular weight excluding hydrogens is 295 g/mol. The fourth-order valence-corrected chi connectivity index (χ4v) is 3.45. The first-order valence-electron chi connectivity index (χ1n) is 7.58. The lowest BCUT2D eigenvalue weighted by Gasteiger charge is -2.32. The van der Waals surface area contributed by atoms with Crippen LogP contribution >= 0.6 is 12.2 Å². The van der Waals surface area contributed by atoms with Crippen molar-refractivity contribution in [2.45, 2.75) is 31.2 Å². The van der Waals surface area contributed by atoms with Crippen LogP contribution in [-0.2, 0) is 5.54 Å². The standard InChI is InChI=1S/C18H19FN2S/c19-15-8-10-16(11-9-15)20-17(22)21-18(12-4-5-13-18)14-6-2-1-3-7-14/h1-3,6-11H,4-5,12-13H2,(H2,20,21,22). The summed E-state index contributed by atoms with van der Waals surface area (Å²) in [4.78, 5) is 0. The van der Waals surface area contributed by atoms with Gasteiger partial charge in [-0.25, -0.2) is 4.39 Å². The van der Waals surface area contributed by atoms with E-state index in [4.69, 9.17) is 12.2 Å². The van der Waals surface area contributed by atoms with Crippen molar-refractivity contribution < 1.29 is 4.39 Å². The van der Waals surface area contributed by atoms with E-state index >= 15 is 0 Å². The Bertz CT molecular complexity index is 634. The highest BCUT2D eigenvalue weighted by molar-refractivity contribution is 7.80. The van der Waals surface area contributed by atoms with E-state index in [0.717, 1.165) is 18.5 Å². The second-order valence-electron chi connectivity index (χ2n) is 5.74. The van der Waals surface area contributed by atoms with Gasteiger partial charge in [0.1, 0.15) is 5.82 Å². The molecule has 22 heavy (non-hydrogen) atoms. The summed E-state index contributed by atoms with van der Waals surface area (Å²) in [6, 6.07) is 16.7. The molecule has 2 nitrogen and oxygen atoms in total. The van der Waals surface area contributed by atoms with Crippen molar-refractivity contribution in [2.24, 2.45) is 0 Å². The van der Waals surface area contributed by atoms with Gasteiger partial charge in [-0.05, 0) is 54.9 Å². The minimum absolute atomic E-state index is 0.0919. The van der Waals surface area contributed by atoms with Gasteiger partial charge < -0.3 is 10.6 Å². The van der Waals surface area contributed by atoms with Gasteiger partial charge in [-0.3, -0.25) is 0 Å². The highest BCUT2D eigenvalue weighted by Crippen LogP contribution is 2.38. The van der Waals surface area contributed by atoms with Crippen molar-refractivity contribution in [3.05, 3.63) is 66.0 Å². The summed E-state index contributed by atoms with van der Waals surface area (Å²) in [6.07, 6.45) is 4.53. The van der Waals surface area contributed by atoms with Crippen LogP contribution in [0, 0.1) is 5.82 Å². The number of hydrogen-bond acceptors (Lipinski definition) is 1. The van der Waals surface area contributed by atoms with Gasteiger partial charge >= 0.3 is 0 Å². The lowest BCUT2D eigenvalue weighted by atomic mass is 9.88. The molecule has 0 unspecified atom stereocenters. The largest absolute Gasteiger partial charge is 0.353 e. The quantitative estimate of drug-likeness (QED) is 0.811. The van der Waals surface area contributed by atoms with Crippen LogP contribution in [0.1, 0.15) is 31.2 Å². The Morgan fingerprint density at radius 1 is 0.955 bits per heavy atom. The predicted molar refractivity (Wildman–Crippen MR) is 92.3 cm³/mol. The van der Waals surface area contributed by atoms with Crippen molar-refractivity contribution in [1.82, 2.24) is 5.32 Å². The zero-order chi connectivity index (χ0) is 15.4. The highest BCUT2D eigenvalue weighted by Gasteiger charge is 2.35. The maximum Gasteiger partial charge on any atom is 0.171 e. The van der Waals surface area contributed by atoms with Crippen molar-refractivity contribution >= 4 is 23.0 Å². The van der Waals surface area contributed by atoms with Crippen LogP contribution < -0.4 is 10.6 Å². The lowest BCUT2D eigenvalue weighted by Crippen LogP contribution is -2.45. The van der Waals surface area contributed by atoms with Crippen LogP contribution in [0.5, 0.6) is 0 Å². The number of hydrogen-bond donors (Lipinski definition) is 2. The Kier molecular flexibility index (Phi) is 4.39. The van der Waals surface area contributed by atoms with E-state index in [9.17, 15) is 4.39 Å². The Hall–Kier alpha value is -1.94. The van der Waals surface area contributed by atoms with E-state index in [1.54, 1.807) is 12.1 Å². The second kappa shape index (κ2) is 6.44. The van der Waals surface area contributed by atoms with Gasteiger partial charge in [-0.1, -0.05) is 43.2 Å². The molecule has 1 aliphatic carbocycles. The van der Waals surface area contributed by atoms with Gasteiger partial charge in [0.25, 0.3) is 0 Å². The molecule has 0 aliphatic heterocycles. The molecule has 1 aliphatic rings. The van der Waals surface area contributed by atoms with Crippen LogP contribution in [0.2, 0.25) is 0 Å². The van der Waals surface area contributed by atoms with Crippen molar-refractivity contribution in [3.63, 3.8) is 0 Å². The average Bonchev–Trinajstić information content (AvgIpc) is 3.00. The van der Waals surface area contributed by atoms with Crippen LogP contribution in [0.15, 0.2) is 54.6 Å². The molecule has 0 spiro atoms. The van der Waals surface area contributed by atoms with Crippen molar-refractivity contribution in [2.75, 3.05) is 5.32 Å². The summed E-state index contributed by atoms with van der Waals surface area (Å²) in [5.74, 6) is -0.249. The minimum Gasteiger partial charge on any atom is -0.353 e. The van der Waals surface area contributed by atoms with Crippen LogP contribution in [0.25, 0.3) is 0 Å². The Morgan fingerprint density at radius 3 is 2.23 bits per heavy atom. The fourth-order valence-electron chi connectivity index (χ4n) is 3.13.